The molecule has 0 spiro atoms. The number of fused-ring (bicyclic) bond motifs is 1. The Morgan fingerprint density at radius 3 is 2.77 bits per heavy atom. The van der Waals surface area contributed by atoms with Crippen molar-refractivity contribution in [2.75, 3.05) is 39.3 Å². The van der Waals surface area contributed by atoms with Gasteiger partial charge in [-0.05, 0) is 25.0 Å². The molecule has 2 saturated heterocycles. The van der Waals surface area contributed by atoms with E-state index in [0.29, 0.717) is 6.10 Å². The first-order valence-corrected chi connectivity index (χ1v) is 8.36. The summed E-state index contributed by atoms with van der Waals surface area (Å²) in [5, 5.41) is 0. The lowest BCUT2D eigenvalue weighted by Gasteiger charge is -2.35. The Morgan fingerprint density at radius 1 is 1.14 bits per heavy atom. The smallest absolute Gasteiger partial charge is 0.137 e. The van der Waals surface area contributed by atoms with Crippen LogP contribution in [0.5, 0.6) is 0 Å². The zero-order valence-corrected chi connectivity index (χ0v) is 13.0. The lowest BCUT2D eigenvalue weighted by atomic mass is 10.2. The highest BCUT2D eigenvalue weighted by atomic mass is 16.5. The van der Waals surface area contributed by atoms with E-state index >= 15 is 0 Å². The second-order valence-corrected chi connectivity index (χ2v) is 6.41. The summed E-state index contributed by atoms with van der Waals surface area (Å²) in [6.07, 6.45) is 7.16. The van der Waals surface area contributed by atoms with Crippen LogP contribution in [0.1, 0.15) is 18.5 Å². The number of aromatic nitrogens is 2. The zero-order chi connectivity index (χ0) is 14.8. The van der Waals surface area contributed by atoms with Gasteiger partial charge in [0.05, 0.1) is 11.8 Å². The first kappa shape index (κ1) is 14.2. The highest BCUT2D eigenvalue weighted by Crippen LogP contribution is 2.15. The summed E-state index contributed by atoms with van der Waals surface area (Å²) < 4.78 is 7.84. The van der Waals surface area contributed by atoms with Gasteiger partial charge in [-0.15, -0.1) is 0 Å². The molecular weight excluding hydrogens is 276 g/mol. The molecule has 0 N–H and O–H groups in total. The molecule has 5 nitrogen and oxygen atoms in total. The second kappa shape index (κ2) is 6.36. The molecule has 4 rings (SSSR count). The molecule has 5 heteroatoms. The van der Waals surface area contributed by atoms with Gasteiger partial charge in [0.15, 0.2) is 0 Å². The number of hydrogen-bond donors (Lipinski definition) is 0. The fourth-order valence-electron chi connectivity index (χ4n) is 3.50. The fraction of sp³-hybridized carbons (Fsp3) is 0.588. The number of imidazole rings is 1. The third-order valence-electron chi connectivity index (χ3n) is 4.75. The maximum Gasteiger partial charge on any atom is 0.137 e. The summed E-state index contributed by atoms with van der Waals surface area (Å²) in [7, 11) is 0. The molecule has 0 aliphatic carbocycles. The van der Waals surface area contributed by atoms with Crippen LogP contribution in [0, 0.1) is 0 Å². The Balaban J connectivity index is 1.29. The van der Waals surface area contributed by atoms with Gasteiger partial charge in [0.2, 0.25) is 0 Å². The molecule has 0 unspecified atom stereocenters. The van der Waals surface area contributed by atoms with Crippen molar-refractivity contribution in [1.82, 2.24) is 19.2 Å². The minimum atomic E-state index is 0.477. The molecule has 2 fully saturated rings. The van der Waals surface area contributed by atoms with Crippen LogP contribution in [0.2, 0.25) is 0 Å². The molecule has 2 aromatic rings. The number of hydrogen-bond acceptors (Lipinski definition) is 4. The molecule has 22 heavy (non-hydrogen) atoms. The van der Waals surface area contributed by atoms with Gasteiger partial charge in [-0.3, -0.25) is 9.80 Å². The lowest BCUT2D eigenvalue weighted by Crippen LogP contribution is -2.48. The van der Waals surface area contributed by atoms with Crippen LogP contribution in [-0.4, -0.2) is 64.6 Å². The Morgan fingerprint density at radius 2 is 2.00 bits per heavy atom. The van der Waals surface area contributed by atoms with Crippen LogP contribution in [0.15, 0.2) is 30.6 Å². The minimum Gasteiger partial charge on any atom is -0.377 e. The Bertz CT molecular complexity index is 579. The average molecular weight is 300 g/mol. The largest absolute Gasteiger partial charge is 0.377 e. The van der Waals surface area contributed by atoms with E-state index in [1.54, 1.807) is 0 Å². The van der Waals surface area contributed by atoms with Gasteiger partial charge < -0.3 is 9.14 Å². The predicted octanol–water partition coefficient (Wildman–Crippen LogP) is 1.63. The number of piperazine rings is 1. The van der Waals surface area contributed by atoms with Crippen LogP contribution in [0.4, 0.5) is 0 Å². The van der Waals surface area contributed by atoms with Gasteiger partial charge >= 0.3 is 0 Å². The van der Waals surface area contributed by atoms with Gasteiger partial charge in [0.1, 0.15) is 5.65 Å². The molecule has 1 atom stereocenters. The first-order chi connectivity index (χ1) is 10.9. The van der Waals surface area contributed by atoms with Gasteiger partial charge in [-0.25, -0.2) is 4.98 Å². The topological polar surface area (TPSA) is 33.0 Å². The van der Waals surface area contributed by atoms with Crippen molar-refractivity contribution in [3.63, 3.8) is 0 Å². The summed E-state index contributed by atoms with van der Waals surface area (Å²) in [6.45, 7) is 7.57. The number of pyridine rings is 1. The molecule has 2 aliphatic heterocycles. The monoisotopic (exact) mass is 300 g/mol. The number of nitrogens with zero attached hydrogens (tertiary/aromatic N) is 4. The van der Waals surface area contributed by atoms with E-state index in [-0.39, 0.29) is 0 Å². The van der Waals surface area contributed by atoms with E-state index in [1.165, 1.54) is 18.5 Å². The maximum atomic E-state index is 5.74. The van der Waals surface area contributed by atoms with Crippen molar-refractivity contribution in [3.05, 3.63) is 36.3 Å². The van der Waals surface area contributed by atoms with E-state index in [1.807, 2.05) is 12.1 Å². The van der Waals surface area contributed by atoms with Crippen molar-refractivity contribution in [2.45, 2.75) is 25.5 Å². The van der Waals surface area contributed by atoms with Crippen LogP contribution in [0.3, 0.4) is 0 Å². The highest BCUT2D eigenvalue weighted by Gasteiger charge is 2.23. The van der Waals surface area contributed by atoms with Crippen molar-refractivity contribution >= 4 is 5.65 Å². The molecule has 0 amide bonds. The van der Waals surface area contributed by atoms with E-state index in [4.69, 9.17) is 9.72 Å². The van der Waals surface area contributed by atoms with E-state index < -0.39 is 0 Å². The molecule has 118 valence electrons. The van der Waals surface area contributed by atoms with Crippen LogP contribution in [0.25, 0.3) is 5.65 Å². The Labute approximate surface area is 131 Å². The summed E-state index contributed by atoms with van der Waals surface area (Å²) >= 11 is 0. The standard InChI is InChI=1S/C17H24N4O/c1-2-6-21-13-15(18-17(21)5-1)12-19-7-9-20(10-8-19)14-16-4-3-11-22-16/h1-2,5-6,13,16H,3-4,7-12,14H2/t16-/m0/s1. The van der Waals surface area contributed by atoms with Gasteiger partial charge in [0.25, 0.3) is 0 Å². The van der Waals surface area contributed by atoms with Gasteiger partial charge in [0, 0.05) is 58.3 Å². The summed E-state index contributed by atoms with van der Waals surface area (Å²) in [5.41, 5.74) is 2.20. The van der Waals surface area contributed by atoms with Gasteiger partial charge in [-0.2, -0.15) is 0 Å². The first-order valence-electron chi connectivity index (χ1n) is 8.36. The Hall–Kier alpha value is -1.43. The zero-order valence-electron chi connectivity index (χ0n) is 13.0. The molecule has 2 aromatic heterocycles. The molecule has 4 heterocycles. The molecule has 0 saturated carbocycles. The third kappa shape index (κ3) is 3.16. The fourth-order valence-corrected chi connectivity index (χ4v) is 3.50. The quantitative estimate of drug-likeness (QED) is 0.859. The number of ether oxygens (including phenoxy) is 1. The van der Waals surface area contributed by atoms with Crippen LogP contribution in [-0.2, 0) is 11.3 Å². The molecule has 2 aliphatic rings. The minimum absolute atomic E-state index is 0.477. The second-order valence-electron chi connectivity index (χ2n) is 6.41. The Kier molecular flexibility index (Phi) is 4.10. The van der Waals surface area contributed by atoms with Crippen molar-refractivity contribution in [3.8, 4) is 0 Å². The van der Waals surface area contributed by atoms with Crippen molar-refractivity contribution in [1.29, 1.82) is 0 Å². The summed E-state index contributed by atoms with van der Waals surface area (Å²) in [4.78, 5) is 9.76. The van der Waals surface area contributed by atoms with Crippen LogP contribution < -0.4 is 0 Å². The predicted molar refractivity (Wildman–Crippen MR) is 85.9 cm³/mol. The molecular formula is C17H24N4O. The molecule has 0 radical (unpaired) electrons. The van der Waals surface area contributed by atoms with E-state index in [2.05, 4.69) is 32.7 Å². The third-order valence-corrected chi connectivity index (χ3v) is 4.75. The number of rotatable bonds is 4. The summed E-state index contributed by atoms with van der Waals surface area (Å²) in [6, 6.07) is 6.14. The normalized spacial score (nSPS) is 24.3. The van der Waals surface area contributed by atoms with Crippen molar-refractivity contribution in [2.24, 2.45) is 0 Å². The SMILES string of the molecule is c1ccn2cc(CN3CCN(C[C@@H]4CCCO4)CC3)nc2c1. The molecule has 0 bridgehead atoms. The summed E-state index contributed by atoms with van der Waals surface area (Å²) in [5.74, 6) is 0. The average Bonchev–Trinajstić information content (AvgIpc) is 3.18. The van der Waals surface area contributed by atoms with E-state index in [9.17, 15) is 0 Å². The van der Waals surface area contributed by atoms with Crippen molar-refractivity contribution < 1.29 is 4.74 Å². The lowest BCUT2D eigenvalue weighted by molar-refractivity contribution is 0.0487. The highest BCUT2D eigenvalue weighted by molar-refractivity contribution is 5.39. The molecule has 0 aromatic carbocycles. The van der Waals surface area contributed by atoms with Crippen LogP contribution >= 0.6 is 0 Å². The maximum absolute atomic E-state index is 5.74. The van der Waals surface area contributed by atoms with E-state index in [0.717, 1.165) is 51.5 Å². The van der Waals surface area contributed by atoms with Gasteiger partial charge in [-0.1, -0.05) is 6.07 Å².